The van der Waals surface area contributed by atoms with Gasteiger partial charge in [0.1, 0.15) is 5.60 Å². The highest BCUT2D eigenvalue weighted by molar-refractivity contribution is 5.87. The lowest BCUT2D eigenvalue weighted by Crippen LogP contribution is -2.23. The smallest absolute Gasteiger partial charge is 0.335 e. The molecule has 0 radical (unpaired) electrons. The van der Waals surface area contributed by atoms with Crippen molar-refractivity contribution in [3.05, 3.63) is 29.6 Å². The number of carbonyl (C=O) groups is 1. The standard InChI is InChI=1S/C11H13FO3/c1-11(2,3)15-9-5-4-7(10(13)14)6-8(9)12/h4-6H,1-3H3,(H,13,14). The maximum atomic E-state index is 13.4. The van der Waals surface area contributed by atoms with Crippen molar-refractivity contribution in [1.82, 2.24) is 0 Å². The predicted octanol–water partition coefficient (Wildman–Crippen LogP) is 2.70. The first-order chi connectivity index (χ1) is 6.79. The third-order valence-electron chi connectivity index (χ3n) is 1.59. The number of benzene rings is 1. The molecule has 0 saturated heterocycles. The lowest BCUT2D eigenvalue weighted by molar-refractivity contribution is 0.0696. The second-order valence-corrected chi connectivity index (χ2v) is 4.16. The Labute approximate surface area is 87.5 Å². The summed E-state index contributed by atoms with van der Waals surface area (Å²) in [7, 11) is 0. The number of carboxylic acids is 1. The minimum Gasteiger partial charge on any atom is -0.485 e. The van der Waals surface area contributed by atoms with Crippen LogP contribution in [0.3, 0.4) is 0 Å². The van der Waals surface area contributed by atoms with E-state index < -0.39 is 17.4 Å². The van der Waals surface area contributed by atoms with Gasteiger partial charge in [0.25, 0.3) is 0 Å². The van der Waals surface area contributed by atoms with Crippen LogP contribution >= 0.6 is 0 Å². The second-order valence-electron chi connectivity index (χ2n) is 4.16. The number of rotatable bonds is 2. The Kier molecular flexibility index (Phi) is 2.98. The van der Waals surface area contributed by atoms with Gasteiger partial charge in [0.05, 0.1) is 5.56 Å². The molecule has 82 valence electrons. The van der Waals surface area contributed by atoms with E-state index in [0.29, 0.717) is 0 Å². The van der Waals surface area contributed by atoms with Crippen LogP contribution in [-0.4, -0.2) is 16.7 Å². The van der Waals surface area contributed by atoms with E-state index in [1.165, 1.54) is 12.1 Å². The van der Waals surface area contributed by atoms with E-state index in [1.807, 2.05) is 0 Å². The number of hydrogen-bond donors (Lipinski definition) is 1. The zero-order valence-corrected chi connectivity index (χ0v) is 8.87. The van der Waals surface area contributed by atoms with Gasteiger partial charge < -0.3 is 9.84 Å². The van der Waals surface area contributed by atoms with E-state index in [1.54, 1.807) is 20.8 Å². The van der Waals surface area contributed by atoms with Crippen LogP contribution < -0.4 is 4.74 Å². The van der Waals surface area contributed by atoms with E-state index in [2.05, 4.69) is 0 Å². The minimum absolute atomic E-state index is 0.0625. The van der Waals surface area contributed by atoms with Crippen molar-refractivity contribution in [1.29, 1.82) is 0 Å². The highest BCUT2D eigenvalue weighted by Gasteiger charge is 2.16. The van der Waals surface area contributed by atoms with E-state index in [-0.39, 0.29) is 11.3 Å². The van der Waals surface area contributed by atoms with Crippen molar-refractivity contribution in [3.8, 4) is 5.75 Å². The summed E-state index contributed by atoms with van der Waals surface area (Å²) in [6.45, 7) is 5.37. The molecule has 0 aromatic heterocycles. The molecule has 0 spiro atoms. The van der Waals surface area contributed by atoms with Crippen LogP contribution in [0.2, 0.25) is 0 Å². The Morgan fingerprint density at radius 2 is 2.00 bits per heavy atom. The molecular weight excluding hydrogens is 199 g/mol. The van der Waals surface area contributed by atoms with Crippen molar-refractivity contribution in [2.75, 3.05) is 0 Å². The SMILES string of the molecule is CC(C)(C)Oc1ccc(C(=O)O)cc1F. The summed E-state index contributed by atoms with van der Waals surface area (Å²) in [4.78, 5) is 10.5. The van der Waals surface area contributed by atoms with Crippen molar-refractivity contribution < 1.29 is 19.0 Å². The molecule has 1 aromatic rings. The van der Waals surface area contributed by atoms with Gasteiger partial charge in [0.15, 0.2) is 11.6 Å². The fourth-order valence-electron chi connectivity index (χ4n) is 1.05. The maximum Gasteiger partial charge on any atom is 0.335 e. The molecule has 0 saturated carbocycles. The summed E-state index contributed by atoms with van der Waals surface area (Å²) in [5.74, 6) is -1.76. The molecule has 0 aliphatic heterocycles. The lowest BCUT2D eigenvalue weighted by Gasteiger charge is -2.21. The number of aromatic carboxylic acids is 1. The van der Waals surface area contributed by atoms with Gasteiger partial charge in [-0.3, -0.25) is 0 Å². The molecule has 3 nitrogen and oxygen atoms in total. The number of carboxylic acid groups (broad SMARTS) is 1. The molecule has 0 bridgehead atoms. The molecule has 0 aliphatic rings. The number of hydrogen-bond acceptors (Lipinski definition) is 2. The van der Waals surface area contributed by atoms with Gasteiger partial charge in [-0.25, -0.2) is 9.18 Å². The summed E-state index contributed by atoms with van der Waals surface area (Å²) < 4.78 is 18.7. The Hall–Kier alpha value is -1.58. The fraction of sp³-hybridized carbons (Fsp3) is 0.364. The predicted molar refractivity (Wildman–Crippen MR) is 53.7 cm³/mol. The van der Waals surface area contributed by atoms with Gasteiger partial charge in [0.2, 0.25) is 0 Å². The van der Waals surface area contributed by atoms with Crippen LogP contribution in [-0.2, 0) is 0 Å². The average Bonchev–Trinajstić information content (AvgIpc) is 2.05. The van der Waals surface area contributed by atoms with E-state index in [4.69, 9.17) is 9.84 Å². The molecule has 1 aromatic carbocycles. The maximum absolute atomic E-state index is 13.4. The summed E-state index contributed by atoms with van der Waals surface area (Å²) >= 11 is 0. The monoisotopic (exact) mass is 212 g/mol. The summed E-state index contributed by atoms with van der Waals surface area (Å²) in [5.41, 5.74) is -0.597. The first kappa shape index (κ1) is 11.5. The molecule has 0 atom stereocenters. The molecule has 1 N–H and O–H groups in total. The summed E-state index contributed by atoms with van der Waals surface area (Å²) in [6, 6.07) is 3.58. The molecule has 0 unspecified atom stereocenters. The van der Waals surface area contributed by atoms with Gasteiger partial charge in [-0.05, 0) is 39.0 Å². The third-order valence-corrected chi connectivity index (χ3v) is 1.59. The van der Waals surface area contributed by atoms with E-state index >= 15 is 0 Å². The topological polar surface area (TPSA) is 46.5 Å². The molecule has 1 rings (SSSR count). The van der Waals surface area contributed by atoms with Crippen molar-refractivity contribution >= 4 is 5.97 Å². The number of ether oxygens (including phenoxy) is 1. The Morgan fingerprint density at radius 1 is 1.40 bits per heavy atom. The van der Waals surface area contributed by atoms with Gasteiger partial charge in [-0.1, -0.05) is 0 Å². The summed E-state index contributed by atoms with van der Waals surface area (Å²) in [6.07, 6.45) is 0. The van der Waals surface area contributed by atoms with Gasteiger partial charge in [0, 0.05) is 0 Å². The fourth-order valence-corrected chi connectivity index (χ4v) is 1.05. The summed E-state index contributed by atoms with van der Waals surface area (Å²) in [5, 5.41) is 8.63. The van der Waals surface area contributed by atoms with E-state index in [9.17, 15) is 9.18 Å². The van der Waals surface area contributed by atoms with Gasteiger partial charge in [-0.15, -0.1) is 0 Å². The van der Waals surface area contributed by atoms with Crippen LogP contribution in [0.4, 0.5) is 4.39 Å². The highest BCUT2D eigenvalue weighted by Crippen LogP contribution is 2.22. The molecule has 0 fully saturated rings. The first-order valence-corrected chi connectivity index (χ1v) is 4.51. The molecule has 15 heavy (non-hydrogen) atoms. The van der Waals surface area contributed by atoms with Crippen LogP contribution in [0.25, 0.3) is 0 Å². The molecule has 0 aliphatic carbocycles. The van der Waals surface area contributed by atoms with Gasteiger partial charge >= 0.3 is 5.97 Å². The molecule has 4 heteroatoms. The average molecular weight is 212 g/mol. The minimum atomic E-state index is -1.16. The van der Waals surface area contributed by atoms with Crippen molar-refractivity contribution in [2.24, 2.45) is 0 Å². The Balaban J connectivity index is 2.99. The Morgan fingerprint density at radius 3 is 2.40 bits per heavy atom. The highest BCUT2D eigenvalue weighted by atomic mass is 19.1. The van der Waals surface area contributed by atoms with Crippen LogP contribution in [0.5, 0.6) is 5.75 Å². The lowest BCUT2D eigenvalue weighted by atomic mass is 10.1. The quantitative estimate of drug-likeness (QED) is 0.819. The zero-order chi connectivity index (χ0) is 11.6. The third kappa shape index (κ3) is 3.23. The Bertz CT molecular complexity index is 380. The first-order valence-electron chi connectivity index (χ1n) is 4.51. The van der Waals surface area contributed by atoms with Gasteiger partial charge in [-0.2, -0.15) is 0 Å². The van der Waals surface area contributed by atoms with E-state index in [0.717, 1.165) is 6.07 Å². The van der Waals surface area contributed by atoms with Crippen LogP contribution in [0.15, 0.2) is 18.2 Å². The van der Waals surface area contributed by atoms with Crippen LogP contribution in [0.1, 0.15) is 31.1 Å². The van der Waals surface area contributed by atoms with Crippen molar-refractivity contribution in [3.63, 3.8) is 0 Å². The molecular formula is C11H13FO3. The second kappa shape index (κ2) is 3.88. The largest absolute Gasteiger partial charge is 0.485 e. The molecule has 0 amide bonds. The molecule has 0 heterocycles. The normalized spacial score (nSPS) is 11.2. The van der Waals surface area contributed by atoms with Crippen molar-refractivity contribution in [2.45, 2.75) is 26.4 Å². The van der Waals surface area contributed by atoms with Crippen LogP contribution in [0, 0.1) is 5.82 Å². The number of halogens is 1. The zero-order valence-electron chi connectivity index (χ0n) is 8.87.